The van der Waals surface area contributed by atoms with Gasteiger partial charge in [-0.3, -0.25) is 9.59 Å². The van der Waals surface area contributed by atoms with E-state index in [1.165, 1.54) is 23.9 Å². The van der Waals surface area contributed by atoms with Gasteiger partial charge in [-0.15, -0.1) is 10.2 Å². The summed E-state index contributed by atoms with van der Waals surface area (Å²) in [5.74, 6) is 0.360. The third kappa shape index (κ3) is 7.34. The number of halogens is 3. The van der Waals surface area contributed by atoms with Crippen LogP contribution in [0.2, 0.25) is 0 Å². The van der Waals surface area contributed by atoms with E-state index in [9.17, 15) is 22.8 Å². The van der Waals surface area contributed by atoms with E-state index in [0.717, 1.165) is 37.9 Å². The van der Waals surface area contributed by atoms with Gasteiger partial charge >= 0.3 is 6.18 Å². The molecule has 1 aromatic heterocycles. The summed E-state index contributed by atoms with van der Waals surface area (Å²) >= 11 is 1.18. The van der Waals surface area contributed by atoms with Crippen molar-refractivity contribution in [3.05, 3.63) is 42.0 Å². The van der Waals surface area contributed by atoms with Crippen molar-refractivity contribution in [3.8, 4) is 0 Å². The van der Waals surface area contributed by atoms with Crippen molar-refractivity contribution >= 4 is 35.1 Å². The lowest BCUT2D eigenvalue weighted by atomic mass is 9.97. The molecule has 1 fully saturated rings. The predicted molar refractivity (Wildman–Crippen MR) is 121 cm³/mol. The number of alkyl halides is 3. The number of carbonyl (C=O) groups excluding carboxylic acids is 2. The SMILES string of the molecule is CCCNC(=O)[C@@H]1CCCN(c2ccc(SCC(=O)Nc3ccc(C(F)(F)F)cc3)nn2)C1. The number of piperidine rings is 1. The summed E-state index contributed by atoms with van der Waals surface area (Å²) in [4.78, 5) is 26.4. The van der Waals surface area contributed by atoms with E-state index in [1.54, 1.807) is 6.07 Å². The van der Waals surface area contributed by atoms with Crippen LogP contribution in [0, 0.1) is 5.92 Å². The zero-order valence-electron chi connectivity index (χ0n) is 18.2. The van der Waals surface area contributed by atoms with Gasteiger partial charge in [-0.05, 0) is 55.7 Å². The Hall–Kier alpha value is -2.82. The fourth-order valence-corrected chi connectivity index (χ4v) is 4.04. The average Bonchev–Trinajstić information content (AvgIpc) is 2.81. The van der Waals surface area contributed by atoms with Crippen molar-refractivity contribution < 1.29 is 22.8 Å². The Morgan fingerprint density at radius 1 is 1.15 bits per heavy atom. The molecular formula is C22H26F3N5O2S. The molecule has 178 valence electrons. The zero-order chi connectivity index (χ0) is 23.8. The van der Waals surface area contributed by atoms with Crippen LogP contribution in [0.1, 0.15) is 31.7 Å². The molecule has 1 saturated heterocycles. The number of aromatic nitrogens is 2. The van der Waals surface area contributed by atoms with Crippen molar-refractivity contribution in [2.24, 2.45) is 5.92 Å². The van der Waals surface area contributed by atoms with Gasteiger partial charge < -0.3 is 15.5 Å². The molecule has 0 unspecified atom stereocenters. The van der Waals surface area contributed by atoms with Gasteiger partial charge in [0.1, 0.15) is 5.03 Å². The molecule has 2 heterocycles. The Morgan fingerprint density at radius 2 is 1.91 bits per heavy atom. The van der Waals surface area contributed by atoms with Crippen molar-refractivity contribution in [1.82, 2.24) is 15.5 Å². The Labute approximate surface area is 194 Å². The van der Waals surface area contributed by atoms with E-state index in [1.807, 2.05) is 17.9 Å². The second kappa shape index (κ2) is 11.4. The van der Waals surface area contributed by atoms with Crippen molar-refractivity contribution in [2.75, 3.05) is 35.6 Å². The fraction of sp³-hybridized carbons (Fsp3) is 0.455. The number of nitrogens with one attached hydrogen (secondary N) is 2. The van der Waals surface area contributed by atoms with E-state index in [4.69, 9.17) is 0 Å². The zero-order valence-corrected chi connectivity index (χ0v) is 19.0. The molecule has 7 nitrogen and oxygen atoms in total. The first kappa shape index (κ1) is 24.8. The van der Waals surface area contributed by atoms with Gasteiger partial charge in [0, 0.05) is 25.3 Å². The highest BCUT2D eigenvalue weighted by Gasteiger charge is 2.30. The number of carbonyl (C=O) groups is 2. The minimum absolute atomic E-state index is 0.0401. The lowest BCUT2D eigenvalue weighted by Crippen LogP contribution is -2.43. The van der Waals surface area contributed by atoms with Crippen LogP contribution in [0.3, 0.4) is 0 Å². The molecule has 0 aliphatic carbocycles. The van der Waals surface area contributed by atoms with Crippen LogP contribution >= 0.6 is 11.8 Å². The van der Waals surface area contributed by atoms with Crippen LogP contribution in [-0.2, 0) is 15.8 Å². The summed E-state index contributed by atoms with van der Waals surface area (Å²) in [6, 6.07) is 7.86. The van der Waals surface area contributed by atoms with Crippen LogP contribution in [0.25, 0.3) is 0 Å². The number of amides is 2. The monoisotopic (exact) mass is 481 g/mol. The standard InChI is InChI=1S/C22H26F3N5O2S/c1-2-11-26-21(32)15-4-3-12-30(13-15)18-9-10-20(29-28-18)33-14-19(31)27-17-7-5-16(6-8-17)22(23,24)25/h5-10,15H,2-4,11-14H2,1H3,(H,26,32)(H,27,31)/t15-/m1/s1. The second-order valence-electron chi connectivity index (χ2n) is 7.72. The van der Waals surface area contributed by atoms with Crippen LogP contribution in [0.15, 0.2) is 41.4 Å². The van der Waals surface area contributed by atoms with Gasteiger partial charge in [-0.25, -0.2) is 0 Å². The third-order valence-electron chi connectivity index (χ3n) is 5.14. The van der Waals surface area contributed by atoms with E-state index < -0.39 is 11.7 Å². The average molecular weight is 482 g/mol. The van der Waals surface area contributed by atoms with Gasteiger partial charge in [0.2, 0.25) is 11.8 Å². The lowest BCUT2D eigenvalue weighted by molar-refractivity contribution is -0.137. The summed E-state index contributed by atoms with van der Waals surface area (Å²) in [5.41, 5.74) is -0.482. The van der Waals surface area contributed by atoms with E-state index >= 15 is 0 Å². The van der Waals surface area contributed by atoms with Crippen molar-refractivity contribution in [1.29, 1.82) is 0 Å². The molecular weight excluding hydrogens is 455 g/mol. The van der Waals surface area contributed by atoms with Crippen LogP contribution in [0.5, 0.6) is 0 Å². The summed E-state index contributed by atoms with van der Waals surface area (Å²) in [5, 5.41) is 14.5. The molecule has 0 bridgehead atoms. The highest BCUT2D eigenvalue weighted by Crippen LogP contribution is 2.30. The molecule has 1 aromatic carbocycles. The molecule has 2 amide bonds. The number of thioether (sulfide) groups is 1. The van der Waals surface area contributed by atoms with Crippen molar-refractivity contribution in [2.45, 2.75) is 37.4 Å². The highest BCUT2D eigenvalue weighted by molar-refractivity contribution is 7.99. The lowest BCUT2D eigenvalue weighted by Gasteiger charge is -2.32. The Morgan fingerprint density at radius 3 is 2.55 bits per heavy atom. The number of anilines is 2. The summed E-state index contributed by atoms with van der Waals surface area (Å²) in [7, 11) is 0. The quantitative estimate of drug-likeness (QED) is 0.555. The molecule has 0 radical (unpaired) electrons. The molecule has 33 heavy (non-hydrogen) atoms. The molecule has 2 aromatic rings. The smallest absolute Gasteiger partial charge is 0.356 e. The fourth-order valence-electron chi connectivity index (χ4n) is 3.43. The van der Waals surface area contributed by atoms with Gasteiger partial charge in [-0.1, -0.05) is 18.7 Å². The number of rotatable bonds is 8. The molecule has 2 N–H and O–H groups in total. The molecule has 0 saturated carbocycles. The molecule has 0 spiro atoms. The van der Waals surface area contributed by atoms with E-state index in [0.29, 0.717) is 23.9 Å². The molecule has 1 aliphatic heterocycles. The van der Waals surface area contributed by atoms with Gasteiger partial charge in [-0.2, -0.15) is 13.2 Å². The van der Waals surface area contributed by atoms with Crippen LogP contribution in [0.4, 0.5) is 24.7 Å². The largest absolute Gasteiger partial charge is 0.416 e. The molecule has 1 aliphatic rings. The van der Waals surface area contributed by atoms with E-state index in [2.05, 4.69) is 20.8 Å². The van der Waals surface area contributed by atoms with Crippen LogP contribution in [-0.4, -0.2) is 47.4 Å². The highest BCUT2D eigenvalue weighted by atomic mass is 32.2. The van der Waals surface area contributed by atoms with Gasteiger partial charge in [0.05, 0.1) is 17.2 Å². The maximum absolute atomic E-state index is 12.6. The van der Waals surface area contributed by atoms with Gasteiger partial charge in [0.25, 0.3) is 0 Å². The van der Waals surface area contributed by atoms with Crippen LogP contribution < -0.4 is 15.5 Å². The summed E-state index contributed by atoms with van der Waals surface area (Å²) < 4.78 is 37.8. The Bertz CT molecular complexity index is 939. The number of hydrogen-bond donors (Lipinski definition) is 2. The molecule has 1 atom stereocenters. The van der Waals surface area contributed by atoms with Crippen molar-refractivity contribution in [3.63, 3.8) is 0 Å². The first-order chi connectivity index (χ1) is 15.8. The Kier molecular flexibility index (Phi) is 8.54. The summed E-state index contributed by atoms with van der Waals surface area (Å²) in [6.07, 6.45) is -1.77. The first-order valence-corrected chi connectivity index (χ1v) is 11.7. The van der Waals surface area contributed by atoms with E-state index in [-0.39, 0.29) is 29.2 Å². The number of nitrogens with zero attached hydrogens (tertiary/aromatic N) is 3. The number of hydrogen-bond acceptors (Lipinski definition) is 6. The normalized spacial score (nSPS) is 16.4. The molecule has 11 heteroatoms. The topological polar surface area (TPSA) is 87.2 Å². The number of benzene rings is 1. The third-order valence-corrected chi connectivity index (χ3v) is 6.06. The Balaban J connectivity index is 1.48. The maximum Gasteiger partial charge on any atom is 0.416 e. The van der Waals surface area contributed by atoms with Gasteiger partial charge in [0.15, 0.2) is 5.82 Å². The molecule has 3 rings (SSSR count). The predicted octanol–water partition coefficient (Wildman–Crippen LogP) is 3.97. The maximum atomic E-state index is 12.6. The summed E-state index contributed by atoms with van der Waals surface area (Å²) in [6.45, 7) is 4.08. The second-order valence-corrected chi connectivity index (χ2v) is 8.71. The minimum Gasteiger partial charge on any atom is -0.356 e. The minimum atomic E-state index is -4.42. The first-order valence-electron chi connectivity index (χ1n) is 10.7.